The minimum atomic E-state index is -0.956. The third-order valence-corrected chi connectivity index (χ3v) is 5.80. The molecule has 182 valence electrons. The van der Waals surface area contributed by atoms with Crippen molar-refractivity contribution in [2.45, 2.75) is 50.6 Å². The number of carbonyl (C=O) groups is 3. The van der Waals surface area contributed by atoms with Crippen molar-refractivity contribution in [1.29, 1.82) is 0 Å². The van der Waals surface area contributed by atoms with E-state index in [1.807, 2.05) is 0 Å². The molecule has 1 saturated carbocycles. The highest BCUT2D eigenvalue weighted by molar-refractivity contribution is 5.94. The van der Waals surface area contributed by atoms with Crippen LogP contribution in [-0.4, -0.2) is 53.9 Å². The number of amides is 3. The highest BCUT2D eigenvalue weighted by Crippen LogP contribution is 2.25. The van der Waals surface area contributed by atoms with Crippen LogP contribution in [0, 0.1) is 5.82 Å². The summed E-state index contributed by atoms with van der Waals surface area (Å²) in [4.78, 5) is 44.4. The standard InChI is InChI=1S/C25H31FN4O4/c1-34-17-16-30(23(32)14-13-22(31)29-21-8-4-5-15-27-21)24(18-9-11-19(26)12-10-18)25(33)28-20-6-2-3-7-20/h4-5,8-12,15,20,24H,2-3,6-7,13-14,16-17H2,1H3,(H,28,33)(H,27,29,31)/t24-/m1/s1. The summed E-state index contributed by atoms with van der Waals surface area (Å²) in [6.07, 6.45) is 5.26. The molecular weight excluding hydrogens is 439 g/mol. The number of aromatic nitrogens is 1. The van der Waals surface area contributed by atoms with E-state index in [9.17, 15) is 18.8 Å². The summed E-state index contributed by atoms with van der Waals surface area (Å²) in [6, 6.07) is 9.79. The fourth-order valence-corrected chi connectivity index (χ4v) is 4.06. The zero-order valence-corrected chi connectivity index (χ0v) is 19.3. The number of hydrogen-bond acceptors (Lipinski definition) is 5. The number of rotatable bonds is 11. The van der Waals surface area contributed by atoms with Crippen LogP contribution in [-0.2, 0) is 19.1 Å². The number of pyridine rings is 1. The predicted molar refractivity (Wildman–Crippen MR) is 125 cm³/mol. The van der Waals surface area contributed by atoms with Gasteiger partial charge in [0.2, 0.25) is 17.7 Å². The van der Waals surface area contributed by atoms with Gasteiger partial charge in [0.1, 0.15) is 17.7 Å². The van der Waals surface area contributed by atoms with Crippen LogP contribution in [0.5, 0.6) is 0 Å². The lowest BCUT2D eigenvalue weighted by Gasteiger charge is -2.32. The van der Waals surface area contributed by atoms with Gasteiger partial charge in [-0.05, 0) is 42.7 Å². The second-order valence-corrected chi connectivity index (χ2v) is 8.29. The molecular formula is C25H31FN4O4. The van der Waals surface area contributed by atoms with Crippen LogP contribution in [0.2, 0.25) is 0 Å². The van der Waals surface area contributed by atoms with Gasteiger partial charge in [0.25, 0.3) is 0 Å². The van der Waals surface area contributed by atoms with Crippen molar-refractivity contribution >= 4 is 23.5 Å². The Bertz CT molecular complexity index is 949. The number of benzene rings is 1. The summed E-state index contributed by atoms with van der Waals surface area (Å²) < 4.78 is 18.8. The molecule has 2 aromatic rings. The topological polar surface area (TPSA) is 101 Å². The molecule has 1 aromatic heterocycles. The van der Waals surface area contributed by atoms with Gasteiger partial charge in [-0.2, -0.15) is 0 Å². The number of methoxy groups -OCH3 is 1. The lowest BCUT2D eigenvalue weighted by molar-refractivity contribution is -0.142. The molecule has 9 heteroatoms. The Morgan fingerprint density at radius 2 is 1.85 bits per heavy atom. The number of hydrogen-bond donors (Lipinski definition) is 2. The van der Waals surface area contributed by atoms with E-state index >= 15 is 0 Å². The van der Waals surface area contributed by atoms with E-state index in [1.54, 1.807) is 24.4 Å². The number of halogens is 1. The molecule has 1 heterocycles. The van der Waals surface area contributed by atoms with Crippen molar-refractivity contribution in [3.63, 3.8) is 0 Å². The molecule has 0 radical (unpaired) electrons. The highest BCUT2D eigenvalue weighted by Gasteiger charge is 2.33. The fraction of sp³-hybridized carbons (Fsp3) is 0.440. The second kappa shape index (κ2) is 12.8. The lowest BCUT2D eigenvalue weighted by atomic mass is 10.0. The van der Waals surface area contributed by atoms with Crippen molar-refractivity contribution in [2.75, 3.05) is 25.6 Å². The maximum absolute atomic E-state index is 13.6. The van der Waals surface area contributed by atoms with Crippen molar-refractivity contribution < 1.29 is 23.5 Å². The van der Waals surface area contributed by atoms with Gasteiger partial charge in [-0.25, -0.2) is 9.37 Å². The Balaban J connectivity index is 1.75. The second-order valence-electron chi connectivity index (χ2n) is 8.29. The molecule has 1 aliphatic carbocycles. The first-order valence-corrected chi connectivity index (χ1v) is 11.5. The maximum atomic E-state index is 13.6. The Morgan fingerprint density at radius 3 is 2.50 bits per heavy atom. The zero-order chi connectivity index (χ0) is 24.3. The number of nitrogens with one attached hydrogen (secondary N) is 2. The number of carbonyl (C=O) groups excluding carboxylic acids is 3. The Kier molecular flexibility index (Phi) is 9.51. The van der Waals surface area contributed by atoms with Crippen LogP contribution in [0.25, 0.3) is 0 Å². The van der Waals surface area contributed by atoms with Crippen LogP contribution < -0.4 is 10.6 Å². The van der Waals surface area contributed by atoms with E-state index in [-0.39, 0.29) is 49.8 Å². The van der Waals surface area contributed by atoms with Crippen LogP contribution in [0.15, 0.2) is 48.7 Å². The lowest BCUT2D eigenvalue weighted by Crippen LogP contribution is -2.47. The SMILES string of the molecule is COCCN(C(=O)CCC(=O)Nc1ccccn1)[C@@H](C(=O)NC1CCCC1)c1ccc(F)cc1. The van der Waals surface area contributed by atoms with Gasteiger partial charge in [-0.15, -0.1) is 0 Å². The average Bonchev–Trinajstić information content (AvgIpc) is 3.34. The molecule has 34 heavy (non-hydrogen) atoms. The molecule has 3 amide bonds. The molecule has 1 aromatic carbocycles. The minimum Gasteiger partial charge on any atom is -0.383 e. The minimum absolute atomic E-state index is 0.0546. The monoisotopic (exact) mass is 470 g/mol. The van der Waals surface area contributed by atoms with Gasteiger partial charge in [-0.1, -0.05) is 31.0 Å². The number of anilines is 1. The Labute approximate surface area is 198 Å². The van der Waals surface area contributed by atoms with Gasteiger partial charge in [-0.3, -0.25) is 14.4 Å². The molecule has 1 atom stereocenters. The summed E-state index contributed by atoms with van der Waals surface area (Å²) in [5, 5.41) is 5.70. The average molecular weight is 471 g/mol. The molecule has 0 spiro atoms. The molecule has 3 rings (SSSR count). The summed E-state index contributed by atoms with van der Waals surface area (Å²) in [5.41, 5.74) is 0.499. The van der Waals surface area contributed by atoms with Crippen LogP contribution >= 0.6 is 0 Å². The van der Waals surface area contributed by atoms with Crippen molar-refractivity contribution in [3.8, 4) is 0 Å². The van der Waals surface area contributed by atoms with Gasteiger partial charge in [0.15, 0.2) is 0 Å². The van der Waals surface area contributed by atoms with Crippen LogP contribution in [0.4, 0.5) is 10.2 Å². The summed E-state index contributed by atoms with van der Waals surface area (Å²) >= 11 is 0. The Morgan fingerprint density at radius 1 is 1.12 bits per heavy atom. The zero-order valence-electron chi connectivity index (χ0n) is 19.3. The predicted octanol–water partition coefficient (Wildman–Crippen LogP) is 3.21. The van der Waals surface area contributed by atoms with E-state index in [0.29, 0.717) is 11.4 Å². The van der Waals surface area contributed by atoms with E-state index < -0.39 is 11.9 Å². The van der Waals surface area contributed by atoms with Gasteiger partial charge >= 0.3 is 0 Å². The number of ether oxygens (including phenoxy) is 1. The molecule has 8 nitrogen and oxygen atoms in total. The van der Waals surface area contributed by atoms with Gasteiger partial charge in [0.05, 0.1) is 6.61 Å². The van der Waals surface area contributed by atoms with Crippen molar-refractivity contribution in [2.24, 2.45) is 0 Å². The smallest absolute Gasteiger partial charge is 0.247 e. The molecule has 0 aliphatic heterocycles. The van der Waals surface area contributed by atoms with E-state index in [1.165, 1.54) is 36.3 Å². The van der Waals surface area contributed by atoms with E-state index in [2.05, 4.69) is 15.6 Å². The first-order chi connectivity index (χ1) is 16.5. The van der Waals surface area contributed by atoms with E-state index in [4.69, 9.17) is 4.74 Å². The first-order valence-electron chi connectivity index (χ1n) is 11.5. The first kappa shape index (κ1) is 25.3. The van der Waals surface area contributed by atoms with Crippen LogP contribution in [0.1, 0.15) is 50.1 Å². The summed E-state index contributed by atoms with van der Waals surface area (Å²) in [7, 11) is 1.51. The molecule has 2 N–H and O–H groups in total. The largest absolute Gasteiger partial charge is 0.383 e. The quantitative estimate of drug-likeness (QED) is 0.525. The third-order valence-electron chi connectivity index (χ3n) is 5.80. The summed E-state index contributed by atoms with van der Waals surface area (Å²) in [5.74, 6) is -1.08. The third kappa shape index (κ3) is 7.34. The fourth-order valence-electron chi connectivity index (χ4n) is 4.06. The molecule has 0 saturated heterocycles. The molecule has 1 fully saturated rings. The number of nitrogens with zero attached hydrogens (tertiary/aromatic N) is 2. The molecule has 1 aliphatic rings. The molecule has 0 unspecified atom stereocenters. The Hall–Kier alpha value is -3.33. The summed E-state index contributed by atoms with van der Waals surface area (Å²) in [6.45, 7) is 0.359. The van der Waals surface area contributed by atoms with Crippen LogP contribution in [0.3, 0.4) is 0 Å². The van der Waals surface area contributed by atoms with Crippen molar-refractivity contribution in [1.82, 2.24) is 15.2 Å². The molecule has 0 bridgehead atoms. The van der Waals surface area contributed by atoms with Gasteiger partial charge < -0.3 is 20.3 Å². The highest BCUT2D eigenvalue weighted by atomic mass is 19.1. The normalized spacial score (nSPS) is 14.4. The van der Waals surface area contributed by atoms with E-state index in [0.717, 1.165) is 25.7 Å². The van der Waals surface area contributed by atoms with Gasteiger partial charge in [0, 0.05) is 38.7 Å². The maximum Gasteiger partial charge on any atom is 0.247 e. The van der Waals surface area contributed by atoms with Crippen molar-refractivity contribution in [3.05, 3.63) is 60.0 Å².